The average molecular weight is 386 g/mol. The van der Waals surface area contributed by atoms with Crippen LogP contribution < -0.4 is 10.1 Å². The third kappa shape index (κ3) is 4.01. The number of carbonyl (C=O) groups excluding carboxylic acids is 2. The number of amides is 1. The van der Waals surface area contributed by atoms with E-state index in [0.717, 1.165) is 5.56 Å². The van der Waals surface area contributed by atoms with E-state index in [1.54, 1.807) is 38.5 Å². The Bertz CT molecular complexity index is 959. The first-order valence-electron chi connectivity index (χ1n) is 8.21. The predicted molar refractivity (Wildman–Crippen MR) is 101 cm³/mol. The second kappa shape index (κ2) is 8.05. The van der Waals surface area contributed by atoms with E-state index in [1.165, 1.54) is 17.4 Å². The molecule has 8 heteroatoms. The average Bonchev–Trinajstić information content (AvgIpc) is 3.28. The summed E-state index contributed by atoms with van der Waals surface area (Å²) in [6, 6.07) is 8.82. The Balaban J connectivity index is 1.97. The van der Waals surface area contributed by atoms with Crippen molar-refractivity contribution in [1.29, 1.82) is 0 Å². The second-order valence-corrected chi connectivity index (χ2v) is 6.46. The Labute approximate surface area is 159 Å². The molecule has 2 aromatic heterocycles. The van der Waals surface area contributed by atoms with Crippen molar-refractivity contribution in [3.05, 3.63) is 52.7 Å². The zero-order valence-electron chi connectivity index (χ0n) is 15.1. The summed E-state index contributed by atoms with van der Waals surface area (Å²) in [6.45, 7) is 3.65. The Morgan fingerprint density at radius 2 is 2.00 bits per heavy atom. The van der Waals surface area contributed by atoms with Crippen LogP contribution in [-0.4, -0.2) is 30.7 Å². The van der Waals surface area contributed by atoms with Gasteiger partial charge in [0, 0.05) is 17.0 Å². The molecule has 7 nitrogen and oxygen atoms in total. The summed E-state index contributed by atoms with van der Waals surface area (Å²) >= 11 is 1.24. The molecule has 3 aromatic rings. The van der Waals surface area contributed by atoms with Crippen LogP contribution in [0.3, 0.4) is 0 Å². The molecule has 0 unspecified atom stereocenters. The van der Waals surface area contributed by atoms with Gasteiger partial charge in [-0.25, -0.2) is 4.79 Å². The number of nitrogens with zero attached hydrogens (tertiary/aromatic N) is 1. The fourth-order valence-electron chi connectivity index (χ4n) is 2.48. The summed E-state index contributed by atoms with van der Waals surface area (Å²) < 4.78 is 15.3. The Morgan fingerprint density at radius 1 is 1.26 bits per heavy atom. The molecule has 0 spiro atoms. The molecule has 3 rings (SSSR count). The number of anilines is 1. The molecule has 1 amide bonds. The molecule has 1 N–H and O–H groups in total. The number of aromatic nitrogens is 1. The number of nitrogens with one attached hydrogen (secondary N) is 1. The van der Waals surface area contributed by atoms with Crippen molar-refractivity contribution in [2.45, 2.75) is 13.8 Å². The number of benzene rings is 1. The number of aryl methyl sites for hydroxylation is 1. The standard InChI is InChI=1S/C19H18N2O5S/c1-4-25-19(23)16-14(12-5-7-13(24-3)8-6-12)10-27-18(16)20-17(22)15-9-11(2)26-21-15/h5-10H,4H2,1-3H3,(H,20,22). The fourth-order valence-corrected chi connectivity index (χ4v) is 3.43. The molecule has 0 radical (unpaired) electrons. The second-order valence-electron chi connectivity index (χ2n) is 5.58. The van der Waals surface area contributed by atoms with Gasteiger partial charge in [-0.15, -0.1) is 11.3 Å². The molecule has 0 bridgehead atoms. The first kappa shape index (κ1) is 18.7. The summed E-state index contributed by atoms with van der Waals surface area (Å²) in [5.41, 5.74) is 1.93. The SMILES string of the molecule is CCOC(=O)c1c(-c2ccc(OC)cc2)csc1NC(=O)c1cc(C)on1. The van der Waals surface area contributed by atoms with Crippen LogP contribution in [0.2, 0.25) is 0 Å². The van der Waals surface area contributed by atoms with E-state index in [2.05, 4.69) is 10.5 Å². The number of hydrogen-bond donors (Lipinski definition) is 1. The van der Waals surface area contributed by atoms with Gasteiger partial charge < -0.3 is 19.3 Å². The lowest BCUT2D eigenvalue weighted by molar-refractivity contribution is 0.0529. The number of rotatable bonds is 6. The lowest BCUT2D eigenvalue weighted by atomic mass is 10.0. The Hall–Kier alpha value is -3.13. The number of thiophene rings is 1. The van der Waals surface area contributed by atoms with Gasteiger partial charge in [0.15, 0.2) is 5.69 Å². The van der Waals surface area contributed by atoms with E-state index < -0.39 is 11.9 Å². The van der Waals surface area contributed by atoms with Crippen LogP contribution in [-0.2, 0) is 4.74 Å². The van der Waals surface area contributed by atoms with Gasteiger partial charge in [-0.2, -0.15) is 0 Å². The minimum absolute atomic E-state index is 0.140. The molecule has 140 valence electrons. The van der Waals surface area contributed by atoms with Crippen molar-refractivity contribution in [3.8, 4) is 16.9 Å². The summed E-state index contributed by atoms with van der Waals surface area (Å²) in [6.07, 6.45) is 0. The first-order chi connectivity index (χ1) is 13.0. The van der Waals surface area contributed by atoms with Crippen molar-refractivity contribution in [2.75, 3.05) is 19.0 Å². The summed E-state index contributed by atoms with van der Waals surface area (Å²) in [4.78, 5) is 24.9. The fraction of sp³-hybridized carbons (Fsp3) is 0.211. The van der Waals surface area contributed by atoms with Crippen molar-refractivity contribution in [2.24, 2.45) is 0 Å². The smallest absolute Gasteiger partial charge is 0.341 e. The third-order valence-electron chi connectivity index (χ3n) is 3.76. The summed E-state index contributed by atoms with van der Waals surface area (Å²) in [5.74, 6) is 0.272. The quantitative estimate of drug-likeness (QED) is 0.640. The minimum atomic E-state index is -0.504. The van der Waals surface area contributed by atoms with E-state index >= 15 is 0 Å². The molecular formula is C19H18N2O5S. The molecule has 0 saturated carbocycles. The Kier molecular flexibility index (Phi) is 5.56. The van der Waals surface area contributed by atoms with Crippen LogP contribution in [0.5, 0.6) is 5.75 Å². The molecule has 0 fully saturated rings. The van der Waals surface area contributed by atoms with Gasteiger partial charge >= 0.3 is 5.97 Å². The largest absolute Gasteiger partial charge is 0.497 e. The number of methoxy groups -OCH3 is 1. The van der Waals surface area contributed by atoms with Crippen molar-refractivity contribution in [1.82, 2.24) is 5.16 Å². The lowest BCUT2D eigenvalue weighted by Crippen LogP contribution is -2.15. The molecule has 0 aliphatic heterocycles. The highest BCUT2D eigenvalue weighted by molar-refractivity contribution is 7.15. The number of carbonyl (C=O) groups is 2. The van der Waals surface area contributed by atoms with E-state index in [9.17, 15) is 9.59 Å². The lowest BCUT2D eigenvalue weighted by Gasteiger charge is -2.08. The van der Waals surface area contributed by atoms with Crippen LogP contribution in [0.25, 0.3) is 11.1 Å². The van der Waals surface area contributed by atoms with Crippen molar-refractivity contribution < 1.29 is 23.6 Å². The van der Waals surface area contributed by atoms with Gasteiger partial charge in [0.25, 0.3) is 5.91 Å². The number of esters is 1. The van der Waals surface area contributed by atoms with E-state index in [-0.39, 0.29) is 12.3 Å². The zero-order valence-corrected chi connectivity index (χ0v) is 15.9. The maximum Gasteiger partial charge on any atom is 0.341 e. The van der Waals surface area contributed by atoms with Crippen LogP contribution in [0.15, 0.2) is 40.2 Å². The normalized spacial score (nSPS) is 10.5. The van der Waals surface area contributed by atoms with Gasteiger partial charge in [0.05, 0.1) is 13.7 Å². The van der Waals surface area contributed by atoms with Crippen LogP contribution in [0.4, 0.5) is 5.00 Å². The molecule has 1 aromatic carbocycles. The number of hydrogen-bond acceptors (Lipinski definition) is 7. The van der Waals surface area contributed by atoms with Gasteiger partial charge in [0.1, 0.15) is 22.1 Å². The maximum absolute atomic E-state index is 12.5. The predicted octanol–water partition coefficient (Wildman–Crippen LogP) is 4.15. The highest BCUT2D eigenvalue weighted by atomic mass is 32.1. The van der Waals surface area contributed by atoms with Gasteiger partial charge in [-0.1, -0.05) is 17.3 Å². The van der Waals surface area contributed by atoms with Crippen LogP contribution in [0.1, 0.15) is 33.5 Å². The molecule has 0 aliphatic carbocycles. The molecule has 2 heterocycles. The first-order valence-corrected chi connectivity index (χ1v) is 9.09. The summed E-state index contributed by atoms with van der Waals surface area (Å²) in [7, 11) is 1.59. The molecule has 0 saturated heterocycles. The minimum Gasteiger partial charge on any atom is -0.497 e. The third-order valence-corrected chi connectivity index (χ3v) is 4.65. The van der Waals surface area contributed by atoms with Crippen LogP contribution in [0, 0.1) is 6.92 Å². The molecule has 27 heavy (non-hydrogen) atoms. The Morgan fingerprint density at radius 3 is 2.59 bits per heavy atom. The van der Waals surface area contributed by atoms with Gasteiger partial charge in [-0.05, 0) is 31.5 Å². The van der Waals surface area contributed by atoms with E-state index in [1.807, 2.05) is 12.1 Å². The topological polar surface area (TPSA) is 90.7 Å². The van der Waals surface area contributed by atoms with Crippen molar-refractivity contribution in [3.63, 3.8) is 0 Å². The molecule has 0 atom stereocenters. The monoisotopic (exact) mass is 386 g/mol. The van der Waals surface area contributed by atoms with Crippen molar-refractivity contribution >= 4 is 28.2 Å². The maximum atomic E-state index is 12.5. The summed E-state index contributed by atoms with van der Waals surface area (Å²) in [5, 5.41) is 8.61. The molecular weight excluding hydrogens is 368 g/mol. The highest BCUT2D eigenvalue weighted by Gasteiger charge is 2.24. The van der Waals surface area contributed by atoms with E-state index in [0.29, 0.717) is 27.6 Å². The van der Waals surface area contributed by atoms with E-state index in [4.69, 9.17) is 14.0 Å². The zero-order chi connectivity index (χ0) is 19.4. The van der Waals surface area contributed by atoms with Crippen LogP contribution >= 0.6 is 11.3 Å². The molecule has 0 aliphatic rings. The number of ether oxygens (including phenoxy) is 2. The highest BCUT2D eigenvalue weighted by Crippen LogP contribution is 2.37. The van der Waals surface area contributed by atoms with Gasteiger partial charge in [-0.3, -0.25) is 4.79 Å². The van der Waals surface area contributed by atoms with Gasteiger partial charge in [0.2, 0.25) is 0 Å².